The fourth-order valence-corrected chi connectivity index (χ4v) is 4.72. The molecule has 2 aromatic carbocycles. The Morgan fingerprint density at radius 1 is 0.870 bits per heavy atom. The van der Waals surface area contributed by atoms with Crippen molar-refractivity contribution in [3.63, 3.8) is 0 Å². The first kappa shape index (κ1) is 13.1. The molecule has 2 aliphatic carbocycles. The Labute approximate surface area is 134 Å². The average molecular weight is 303 g/mol. The molecule has 2 fully saturated rings. The third-order valence-corrected chi connectivity index (χ3v) is 5.77. The lowest BCUT2D eigenvalue weighted by Gasteiger charge is -2.18. The quantitative estimate of drug-likeness (QED) is 0.631. The number of carbonyl (C=O) groups excluding carboxylic acids is 2. The summed E-state index contributed by atoms with van der Waals surface area (Å²) in [6, 6.07) is 14.2. The van der Waals surface area contributed by atoms with Gasteiger partial charge in [-0.05, 0) is 34.6 Å². The summed E-state index contributed by atoms with van der Waals surface area (Å²) in [7, 11) is 0. The zero-order valence-electron chi connectivity index (χ0n) is 12.7. The van der Waals surface area contributed by atoms with Crippen LogP contribution in [0, 0.1) is 23.7 Å². The van der Waals surface area contributed by atoms with Gasteiger partial charge in [0.1, 0.15) is 0 Å². The van der Waals surface area contributed by atoms with Crippen LogP contribution in [0.5, 0.6) is 0 Å². The van der Waals surface area contributed by atoms with Crippen molar-refractivity contribution in [2.24, 2.45) is 23.7 Å². The van der Waals surface area contributed by atoms with Crippen molar-refractivity contribution in [1.29, 1.82) is 0 Å². The summed E-state index contributed by atoms with van der Waals surface area (Å²) in [6.45, 7) is 0.394. The number of hydrogen-bond acceptors (Lipinski definition) is 2. The minimum absolute atomic E-state index is 0.0322. The molecule has 2 aromatic rings. The molecule has 5 rings (SSSR count). The number of hydrogen-bond donors (Lipinski definition) is 0. The molecule has 3 nitrogen and oxygen atoms in total. The van der Waals surface area contributed by atoms with Gasteiger partial charge in [0.15, 0.2) is 0 Å². The predicted molar refractivity (Wildman–Crippen MR) is 87.2 cm³/mol. The fourth-order valence-electron chi connectivity index (χ4n) is 4.72. The number of imide groups is 1. The molecule has 2 amide bonds. The van der Waals surface area contributed by atoms with Gasteiger partial charge in [0.2, 0.25) is 11.8 Å². The number of allylic oxidation sites excluding steroid dienone is 2. The highest BCUT2D eigenvalue weighted by atomic mass is 16.2. The van der Waals surface area contributed by atoms with Crippen molar-refractivity contribution in [3.8, 4) is 0 Å². The van der Waals surface area contributed by atoms with Crippen LogP contribution in [0.1, 0.15) is 12.0 Å². The Morgan fingerprint density at radius 3 is 2.26 bits per heavy atom. The standard InChI is InChI=1S/C20H17NO2/c22-19-17-13-8-9-14(10-13)18(17)20(23)21(19)11-15-6-3-5-12-4-1-2-7-16(12)15/h1-9,13-14,17-18H,10-11H2/t13-,14-,17+,18+/m0/s1. The number of amides is 2. The lowest BCUT2D eigenvalue weighted by molar-refractivity contribution is -0.141. The number of fused-ring (bicyclic) bond motifs is 6. The molecule has 0 unspecified atom stereocenters. The molecule has 0 aromatic heterocycles. The van der Waals surface area contributed by atoms with Gasteiger partial charge in [-0.2, -0.15) is 0 Å². The van der Waals surface area contributed by atoms with Crippen LogP contribution >= 0.6 is 0 Å². The van der Waals surface area contributed by atoms with Crippen molar-refractivity contribution < 1.29 is 9.59 Å². The van der Waals surface area contributed by atoms with E-state index in [4.69, 9.17) is 0 Å². The molecule has 0 spiro atoms. The summed E-state index contributed by atoms with van der Waals surface area (Å²) in [5.74, 6) is 0.410. The maximum Gasteiger partial charge on any atom is 0.234 e. The van der Waals surface area contributed by atoms with E-state index in [-0.39, 0.29) is 35.5 Å². The van der Waals surface area contributed by atoms with Gasteiger partial charge < -0.3 is 0 Å². The van der Waals surface area contributed by atoms with E-state index in [1.807, 2.05) is 24.3 Å². The van der Waals surface area contributed by atoms with Crippen molar-refractivity contribution >= 4 is 22.6 Å². The van der Waals surface area contributed by atoms with Gasteiger partial charge >= 0.3 is 0 Å². The molecule has 1 aliphatic heterocycles. The zero-order chi connectivity index (χ0) is 15.6. The first-order chi connectivity index (χ1) is 11.2. The van der Waals surface area contributed by atoms with Crippen molar-refractivity contribution in [3.05, 3.63) is 60.2 Å². The van der Waals surface area contributed by atoms with Gasteiger partial charge in [0.05, 0.1) is 18.4 Å². The van der Waals surface area contributed by atoms with Crippen LogP contribution in [-0.4, -0.2) is 16.7 Å². The molecule has 4 atom stereocenters. The number of nitrogens with zero attached hydrogens (tertiary/aromatic N) is 1. The summed E-state index contributed by atoms with van der Waals surface area (Å²) >= 11 is 0. The van der Waals surface area contributed by atoms with E-state index in [1.54, 1.807) is 0 Å². The summed E-state index contributed by atoms with van der Waals surface area (Å²) < 4.78 is 0. The fraction of sp³-hybridized carbons (Fsp3) is 0.300. The number of benzene rings is 2. The van der Waals surface area contributed by atoms with Crippen LogP contribution in [0.15, 0.2) is 54.6 Å². The van der Waals surface area contributed by atoms with E-state index in [0.29, 0.717) is 6.54 Å². The maximum atomic E-state index is 12.8. The zero-order valence-corrected chi connectivity index (χ0v) is 12.7. The van der Waals surface area contributed by atoms with Gasteiger partial charge in [-0.25, -0.2) is 0 Å². The number of likely N-dealkylation sites (tertiary alicyclic amines) is 1. The van der Waals surface area contributed by atoms with Crippen molar-refractivity contribution in [2.45, 2.75) is 13.0 Å². The summed E-state index contributed by atoms with van der Waals surface area (Å²) in [5, 5.41) is 2.26. The third kappa shape index (κ3) is 1.70. The Morgan fingerprint density at radius 2 is 1.52 bits per heavy atom. The molecular formula is C20H17NO2. The highest BCUT2D eigenvalue weighted by Gasteiger charge is 2.59. The van der Waals surface area contributed by atoms with Crippen LogP contribution in [0.25, 0.3) is 10.8 Å². The molecular weight excluding hydrogens is 286 g/mol. The minimum Gasteiger partial charge on any atom is -0.278 e. The second-order valence-electron chi connectivity index (χ2n) is 6.90. The second-order valence-corrected chi connectivity index (χ2v) is 6.90. The van der Waals surface area contributed by atoms with E-state index >= 15 is 0 Å². The number of rotatable bonds is 2. The van der Waals surface area contributed by atoms with E-state index in [9.17, 15) is 9.59 Å². The van der Waals surface area contributed by atoms with Gasteiger partial charge in [0, 0.05) is 0 Å². The molecule has 3 heteroatoms. The Bertz CT molecular complexity index is 834. The van der Waals surface area contributed by atoms with Gasteiger partial charge in [0.25, 0.3) is 0 Å². The minimum atomic E-state index is -0.104. The lowest BCUT2D eigenvalue weighted by atomic mass is 9.85. The average Bonchev–Trinajstić information content (AvgIpc) is 3.25. The lowest BCUT2D eigenvalue weighted by Crippen LogP contribution is -2.32. The maximum absolute atomic E-state index is 12.8. The van der Waals surface area contributed by atoms with Crippen LogP contribution in [0.4, 0.5) is 0 Å². The van der Waals surface area contributed by atoms with E-state index in [0.717, 1.165) is 22.8 Å². The smallest absolute Gasteiger partial charge is 0.234 e. The van der Waals surface area contributed by atoms with E-state index in [1.165, 1.54) is 4.90 Å². The predicted octanol–water partition coefficient (Wildman–Crippen LogP) is 3.15. The molecule has 0 N–H and O–H groups in total. The Balaban J connectivity index is 1.51. The summed E-state index contributed by atoms with van der Waals surface area (Å²) in [6.07, 6.45) is 5.26. The van der Waals surface area contributed by atoms with Crippen molar-refractivity contribution in [1.82, 2.24) is 4.90 Å². The van der Waals surface area contributed by atoms with Crippen LogP contribution in [-0.2, 0) is 16.1 Å². The molecule has 3 aliphatic rings. The first-order valence-electron chi connectivity index (χ1n) is 8.24. The highest BCUT2D eigenvalue weighted by Crippen LogP contribution is 2.52. The monoisotopic (exact) mass is 303 g/mol. The SMILES string of the molecule is O=C1[C@H]2[C@H](C(=O)N1Cc1cccc3ccccc13)[C@H]1C=C[C@H]2C1. The first-order valence-corrected chi connectivity index (χ1v) is 8.24. The topological polar surface area (TPSA) is 37.4 Å². The molecule has 1 heterocycles. The Kier molecular flexibility index (Phi) is 2.58. The molecule has 23 heavy (non-hydrogen) atoms. The normalized spacial score (nSPS) is 31.4. The molecule has 0 radical (unpaired) electrons. The van der Waals surface area contributed by atoms with Gasteiger partial charge in [-0.3, -0.25) is 14.5 Å². The number of carbonyl (C=O) groups is 2. The molecule has 114 valence electrons. The Hall–Kier alpha value is -2.42. The summed E-state index contributed by atoms with van der Waals surface area (Å²) in [5.41, 5.74) is 1.05. The van der Waals surface area contributed by atoms with Crippen LogP contribution in [0.2, 0.25) is 0 Å². The van der Waals surface area contributed by atoms with Crippen LogP contribution in [0.3, 0.4) is 0 Å². The van der Waals surface area contributed by atoms with E-state index < -0.39 is 0 Å². The summed E-state index contributed by atoms with van der Waals surface area (Å²) in [4.78, 5) is 27.1. The highest BCUT2D eigenvalue weighted by molar-refractivity contribution is 6.06. The third-order valence-electron chi connectivity index (χ3n) is 5.77. The largest absolute Gasteiger partial charge is 0.278 e. The van der Waals surface area contributed by atoms with Gasteiger partial charge in [-0.1, -0.05) is 54.6 Å². The molecule has 2 bridgehead atoms. The van der Waals surface area contributed by atoms with E-state index in [2.05, 4.69) is 30.4 Å². The molecule has 1 saturated carbocycles. The second kappa shape index (κ2) is 4.54. The molecule has 1 saturated heterocycles. The van der Waals surface area contributed by atoms with Crippen molar-refractivity contribution in [2.75, 3.05) is 0 Å². The van der Waals surface area contributed by atoms with Gasteiger partial charge in [-0.15, -0.1) is 0 Å². The van der Waals surface area contributed by atoms with Crippen LogP contribution < -0.4 is 0 Å².